The van der Waals surface area contributed by atoms with Crippen LogP contribution in [0, 0.1) is 6.92 Å². The monoisotopic (exact) mass is 284 g/mol. The molecule has 0 saturated carbocycles. The van der Waals surface area contributed by atoms with Crippen molar-refractivity contribution < 1.29 is 23.8 Å². The first kappa shape index (κ1) is 13.7. The highest BCUT2D eigenvalue weighted by molar-refractivity contribution is 6.30. The summed E-state index contributed by atoms with van der Waals surface area (Å²) >= 11 is 5.81. The lowest BCUT2D eigenvalue weighted by atomic mass is 10.2. The third-order valence-electron chi connectivity index (χ3n) is 2.61. The number of esters is 2. The summed E-state index contributed by atoms with van der Waals surface area (Å²) in [7, 11) is 0. The Morgan fingerprint density at radius 2 is 2.26 bits per heavy atom. The van der Waals surface area contributed by atoms with E-state index >= 15 is 0 Å². The lowest BCUT2D eigenvalue weighted by molar-refractivity contribution is -0.179. The summed E-state index contributed by atoms with van der Waals surface area (Å²) in [6, 6.07) is 5.12. The van der Waals surface area contributed by atoms with Crippen LogP contribution in [0.2, 0.25) is 5.02 Å². The van der Waals surface area contributed by atoms with Gasteiger partial charge < -0.3 is 14.2 Å². The van der Waals surface area contributed by atoms with Gasteiger partial charge in [0.1, 0.15) is 18.5 Å². The van der Waals surface area contributed by atoms with Crippen LogP contribution in [-0.4, -0.2) is 31.3 Å². The summed E-state index contributed by atoms with van der Waals surface area (Å²) in [5.74, 6) is -0.192. The number of benzene rings is 1. The van der Waals surface area contributed by atoms with Crippen molar-refractivity contribution >= 4 is 23.5 Å². The number of carbonyl (C=O) groups excluding carboxylic acids is 2. The first-order chi connectivity index (χ1) is 9.04. The van der Waals surface area contributed by atoms with E-state index in [1.54, 1.807) is 18.2 Å². The minimum atomic E-state index is -0.503. The maximum absolute atomic E-state index is 11.4. The zero-order chi connectivity index (χ0) is 13.8. The average Bonchev–Trinajstić information content (AvgIpc) is 2.32. The zero-order valence-corrected chi connectivity index (χ0v) is 11.1. The van der Waals surface area contributed by atoms with Gasteiger partial charge in [-0.2, -0.15) is 0 Å². The summed E-state index contributed by atoms with van der Waals surface area (Å²) in [6.45, 7) is 1.72. The molecule has 0 radical (unpaired) electrons. The summed E-state index contributed by atoms with van der Waals surface area (Å²) in [4.78, 5) is 21.9. The topological polar surface area (TPSA) is 61.8 Å². The van der Waals surface area contributed by atoms with E-state index < -0.39 is 5.97 Å². The Morgan fingerprint density at radius 1 is 1.53 bits per heavy atom. The van der Waals surface area contributed by atoms with Gasteiger partial charge in [0, 0.05) is 5.02 Å². The van der Waals surface area contributed by atoms with Gasteiger partial charge in [-0.3, -0.25) is 4.79 Å². The molecule has 1 aromatic rings. The molecule has 6 heteroatoms. The molecule has 5 nitrogen and oxygen atoms in total. The second-order valence-corrected chi connectivity index (χ2v) is 4.63. The molecule has 1 aliphatic heterocycles. The van der Waals surface area contributed by atoms with Crippen LogP contribution in [0.1, 0.15) is 12.0 Å². The van der Waals surface area contributed by atoms with E-state index in [4.69, 9.17) is 25.8 Å². The fourth-order valence-corrected chi connectivity index (χ4v) is 1.82. The highest BCUT2D eigenvalue weighted by atomic mass is 35.5. The molecule has 0 aliphatic carbocycles. The molecule has 102 valence electrons. The zero-order valence-electron chi connectivity index (χ0n) is 10.3. The van der Waals surface area contributed by atoms with Gasteiger partial charge in [-0.15, -0.1) is 0 Å². The van der Waals surface area contributed by atoms with E-state index in [-0.39, 0.29) is 25.3 Å². The van der Waals surface area contributed by atoms with E-state index in [1.165, 1.54) is 0 Å². The molecular formula is C13H13ClO5. The van der Waals surface area contributed by atoms with E-state index in [0.29, 0.717) is 17.2 Å². The number of hydrogen-bond acceptors (Lipinski definition) is 5. The molecule has 0 spiro atoms. The molecule has 1 aliphatic rings. The third kappa shape index (κ3) is 3.86. The number of halogens is 1. The molecule has 0 amide bonds. The van der Waals surface area contributed by atoms with Gasteiger partial charge in [0.05, 0.1) is 6.42 Å². The molecule has 2 rings (SSSR count). The second kappa shape index (κ2) is 5.93. The van der Waals surface area contributed by atoms with E-state index in [1.807, 2.05) is 6.92 Å². The number of cyclic esters (lactones) is 1. The molecule has 1 fully saturated rings. The lowest BCUT2D eigenvalue weighted by Crippen LogP contribution is -2.37. The first-order valence-corrected chi connectivity index (χ1v) is 6.16. The smallest absolute Gasteiger partial charge is 0.344 e. The molecule has 1 heterocycles. The van der Waals surface area contributed by atoms with Crippen molar-refractivity contribution in [3.05, 3.63) is 28.8 Å². The van der Waals surface area contributed by atoms with Crippen LogP contribution < -0.4 is 4.74 Å². The second-order valence-electron chi connectivity index (χ2n) is 4.20. The van der Waals surface area contributed by atoms with Gasteiger partial charge in [-0.25, -0.2) is 4.79 Å². The highest BCUT2D eigenvalue weighted by Crippen LogP contribution is 2.21. The van der Waals surface area contributed by atoms with E-state index in [0.717, 1.165) is 5.56 Å². The predicted molar refractivity (Wildman–Crippen MR) is 67.1 cm³/mol. The number of ether oxygens (including phenoxy) is 3. The maximum Gasteiger partial charge on any atom is 0.344 e. The van der Waals surface area contributed by atoms with Crippen LogP contribution in [-0.2, 0) is 19.1 Å². The molecule has 19 heavy (non-hydrogen) atoms. The van der Waals surface area contributed by atoms with Gasteiger partial charge in [0.2, 0.25) is 0 Å². The summed E-state index contributed by atoms with van der Waals surface area (Å²) < 4.78 is 14.9. The van der Waals surface area contributed by atoms with Crippen molar-refractivity contribution in [2.24, 2.45) is 0 Å². The summed E-state index contributed by atoms with van der Waals surface area (Å²) in [6.07, 6.45) is -0.0153. The Morgan fingerprint density at radius 3 is 2.89 bits per heavy atom. The molecule has 1 saturated heterocycles. The molecule has 1 unspecified atom stereocenters. The Bertz CT molecular complexity index is 492. The number of rotatable bonds is 5. The first-order valence-electron chi connectivity index (χ1n) is 5.78. The molecule has 1 aromatic carbocycles. The molecule has 0 bridgehead atoms. The molecular weight excluding hydrogens is 272 g/mol. The Labute approximate surface area is 115 Å². The third-order valence-corrected chi connectivity index (χ3v) is 2.84. The number of carbonyl (C=O) groups is 2. The van der Waals surface area contributed by atoms with Gasteiger partial charge >= 0.3 is 11.9 Å². The predicted octanol–water partition coefficient (Wildman–Crippen LogP) is 1.89. The molecule has 1 atom stereocenters. The Kier molecular flexibility index (Phi) is 4.27. The van der Waals surface area contributed by atoms with Gasteiger partial charge in [0.15, 0.2) is 6.61 Å². The quantitative estimate of drug-likeness (QED) is 0.773. The SMILES string of the molecule is Cc1cc(Cl)ccc1OCC(=O)OCC1CC(=O)O1. The number of aryl methyl sites for hydroxylation is 1. The van der Waals surface area contributed by atoms with Gasteiger partial charge in [-0.05, 0) is 30.7 Å². The van der Waals surface area contributed by atoms with Crippen molar-refractivity contribution in [3.8, 4) is 5.75 Å². The standard InChI is InChI=1S/C13H13ClO5/c1-8-4-9(14)2-3-11(8)17-7-13(16)18-6-10-5-12(15)19-10/h2-4,10H,5-7H2,1H3. The van der Waals surface area contributed by atoms with Crippen LogP contribution >= 0.6 is 11.6 Å². The van der Waals surface area contributed by atoms with Gasteiger partial charge in [-0.1, -0.05) is 11.6 Å². The van der Waals surface area contributed by atoms with Crippen LogP contribution in [0.3, 0.4) is 0 Å². The minimum Gasteiger partial charge on any atom is -0.482 e. The minimum absolute atomic E-state index is 0.0769. The van der Waals surface area contributed by atoms with E-state index in [9.17, 15) is 9.59 Å². The van der Waals surface area contributed by atoms with E-state index in [2.05, 4.69) is 0 Å². The Hall–Kier alpha value is -1.75. The largest absolute Gasteiger partial charge is 0.482 e. The normalized spacial score (nSPS) is 17.4. The van der Waals surface area contributed by atoms with Crippen molar-refractivity contribution in [2.75, 3.05) is 13.2 Å². The Balaban J connectivity index is 1.72. The summed E-state index contributed by atoms with van der Waals surface area (Å²) in [5.41, 5.74) is 0.841. The van der Waals surface area contributed by atoms with Crippen molar-refractivity contribution in [1.82, 2.24) is 0 Å². The van der Waals surface area contributed by atoms with Crippen molar-refractivity contribution in [3.63, 3.8) is 0 Å². The fraction of sp³-hybridized carbons (Fsp3) is 0.385. The number of hydrogen-bond donors (Lipinski definition) is 0. The van der Waals surface area contributed by atoms with Crippen LogP contribution in [0.5, 0.6) is 5.75 Å². The maximum atomic E-state index is 11.4. The van der Waals surface area contributed by atoms with Crippen molar-refractivity contribution in [2.45, 2.75) is 19.4 Å². The average molecular weight is 285 g/mol. The molecule has 0 N–H and O–H groups in total. The fourth-order valence-electron chi connectivity index (χ4n) is 1.59. The van der Waals surface area contributed by atoms with Crippen molar-refractivity contribution in [1.29, 1.82) is 0 Å². The summed E-state index contributed by atoms with van der Waals surface area (Å²) in [5, 5.41) is 0.610. The molecule has 0 aromatic heterocycles. The van der Waals surface area contributed by atoms with Crippen LogP contribution in [0.25, 0.3) is 0 Å². The van der Waals surface area contributed by atoms with Crippen LogP contribution in [0.15, 0.2) is 18.2 Å². The van der Waals surface area contributed by atoms with Gasteiger partial charge in [0.25, 0.3) is 0 Å². The lowest BCUT2D eigenvalue weighted by Gasteiger charge is -2.24. The van der Waals surface area contributed by atoms with Crippen LogP contribution in [0.4, 0.5) is 0 Å². The highest BCUT2D eigenvalue weighted by Gasteiger charge is 2.29.